The Kier molecular flexibility index (Phi) is 4.49. The number of ether oxygens (including phenoxy) is 2. The summed E-state index contributed by atoms with van der Waals surface area (Å²) in [7, 11) is -3.66. The fraction of sp³-hybridized carbons (Fsp3) is 0.600. The zero-order chi connectivity index (χ0) is 15.7. The van der Waals surface area contributed by atoms with E-state index in [4.69, 9.17) is 9.47 Å². The van der Waals surface area contributed by atoms with Gasteiger partial charge in [-0.15, -0.1) is 0 Å². The molecular weight excluding hydrogens is 309 g/mol. The molecule has 3 atom stereocenters. The van der Waals surface area contributed by atoms with Crippen LogP contribution in [-0.2, 0) is 19.5 Å². The van der Waals surface area contributed by atoms with Crippen LogP contribution in [-0.4, -0.2) is 39.9 Å². The second-order valence-corrected chi connectivity index (χ2v) is 7.54. The lowest BCUT2D eigenvalue weighted by Crippen LogP contribution is -2.49. The molecule has 0 spiro atoms. The first kappa shape index (κ1) is 15.9. The van der Waals surface area contributed by atoms with Crippen molar-refractivity contribution in [3.05, 3.63) is 29.6 Å². The van der Waals surface area contributed by atoms with Gasteiger partial charge in [0.25, 0.3) is 0 Å². The lowest BCUT2D eigenvalue weighted by molar-refractivity contribution is -0.156. The van der Waals surface area contributed by atoms with Crippen molar-refractivity contribution in [2.24, 2.45) is 0 Å². The molecule has 0 radical (unpaired) electrons. The molecule has 1 aromatic rings. The molecule has 1 saturated heterocycles. The number of hydrogen-bond acceptors (Lipinski definition) is 4. The number of aryl methyl sites for hydroxylation is 1. The largest absolute Gasteiger partial charge is 0.373 e. The van der Waals surface area contributed by atoms with E-state index in [0.717, 1.165) is 12.5 Å². The van der Waals surface area contributed by atoms with Gasteiger partial charge < -0.3 is 9.47 Å². The zero-order valence-corrected chi connectivity index (χ0v) is 13.2. The number of benzene rings is 1. The molecule has 2 aliphatic rings. The van der Waals surface area contributed by atoms with Crippen LogP contribution in [0.3, 0.4) is 0 Å². The van der Waals surface area contributed by atoms with Crippen LogP contribution < -0.4 is 4.72 Å². The van der Waals surface area contributed by atoms with Gasteiger partial charge in [-0.25, -0.2) is 17.5 Å². The van der Waals surface area contributed by atoms with Gasteiger partial charge in [-0.05, 0) is 49.9 Å². The van der Waals surface area contributed by atoms with Crippen LogP contribution >= 0.6 is 0 Å². The van der Waals surface area contributed by atoms with Gasteiger partial charge in [0.2, 0.25) is 10.0 Å². The summed E-state index contributed by atoms with van der Waals surface area (Å²) >= 11 is 0. The van der Waals surface area contributed by atoms with Crippen LogP contribution in [0.4, 0.5) is 4.39 Å². The summed E-state index contributed by atoms with van der Waals surface area (Å²) in [5, 5.41) is 0. The van der Waals surface area contributed by atoms with E-state index in [1.165, 1.54) is 12.1 Å². The second-order valence-electron chi connectivity index (χ2n) is 5.86. The summed E-state index contributed by atoms with van der Waals surface area (Å²) < 4.78 is 52.1. The van der Waals surface area contributed by atoms with E-state index in [9.17, 15) is 12.8 Å². The molecule has 1 aliphatic heterocycles. The number of sulfonamides is 1. The molecule has 1 heterocycles. The molecule has 122 valence electrons. The maximum absolute atomic E-state index is 13.1. The third kappa shape index (κ3) is 3.32. The molecule has 1 saturated carbocycles. The molecule has 1 aliphatic carbocycles. The molecule has 0 aromatic heterocycles. The summed E-state index contributed by atoms with van der Waals surface area (Å²) in [6, 6.07) is 3.51. The Hall–Kier alpha value is -1.02. The Morgan fingerprint density at radius 3 is 2.64 bits per heavy atom. The highest BCUT2D eigenvalue weighted by atomic mass is 32.2. The fourth-order valence-corrected chi connectivity index (χ4v) is 4.68. The molecule has 7 heteroatoms. The quantitative estimate of drug-likeness (QED) is 0.917. The van der Waals surface area contributed by atoms with Crippen molar-refractivity contribution >= 4 is 10.0 Å². The van der Waals surface area contributed by atoms with Gasteiger partial charge in [0.1, 0.15) is 5.82 Å². The van der Waals surface area contributed by atoms with E-state index in [1.807, 2.05) is 0 Å². The Bertz CT molecular complexity index is 649. The van der Waals surface area contributed by atoms with E-state index in [0.29, 0.717) is 31.6 Å². The number of rotatable bonds is 3. The SMILES string of the molecule is Cc1cc(F)ccc1S(=O)(=O)N[C@@H]1CC[C@@H]2OCCO[C@H]2C1. The highest BCUT2D eigenvalue weighted by Crippen LogP contribution is 2.28. The van der Waals surface area contributed by atoms with E-state index in [2.05, 4.69) is 4.72 Å². The van der Waals surface area contributed by atoms with Gasteiger partial charge in [-0.2, -0.15) is 0 Å². The van der Waals surface area contributed by atoms with Crippen LogP contribution in [0.2, 0.25) is 0 Å². The monoisotopic (exact) mass is 329 g/mol. The van der Waals surface area contributed by atoms with Crippen LogP contribution in [0.15, 0.2) is 23.1 Å². The Morgan fingerprint density at radius 1 is 1.18 bits per heavy atom. The normalized spacial score (nSPS) is 29.1. The van der Waals surface area contributed by atoms with Gasteiger partial charge in [-0.1, -0.05) is 0 Å². The van der Waals surface area contributed by atoms with Crippen LogP contribution in [0.25, 0.3) is 0 Å². The van der Waals surface area contributed by atoms with Gasteiger partial charge in [-0.3, -0.25) is 0 Å². The van der Waals surface area contributed by atoms with E-state index >= 15 is 0 Å². The van der Waals surface area contributed by atoms with Crippen molar-refractivity contribution in [2.45, 2.75) is 49.3 Å². The minimum Gasteiger partial charge on any atom is -0.373 e. The lowest BCUT2D eigenvalue weighted by Gasteiger charge is -2.38. The van der Waals surface area contributed by atoms with Crippen molar-refractivity contribution in [1.29, 1.82) is 0 Å². The van der Waals surface area contributed by atoms with Crippen molar-refractivity contribution < 1.29 is 22.3 Å². The number of fused-ring (bicyclic) bond motifs is 1. The first-order valence-corrected chi connectivity index (χ1v) is 8.96. The first-order valence-electron chi connectivity index (χ1n) is 7.47. The molecule has 2 fully saturated rings. The Labute approximate surface area is 129 Å². The predicted octanol–water partition coefficient (Wildman–Crippen LogP) is 1.75. The highest BCUT2D eigenvalue weighted by molar-refractivity contribution is 7.89. The molecular formula is C15H20FNO4S. The molecule has 1 aromatic carbocycles. The minimum absolute atomic E-state index is 0.0514. The third-order valence-electron chi connectivity index (χ3n) is 4.23. The van der Waals surface area contributed by atoms with Crippen LogP contribution in [0.5, 0.6) is 0 Å². The van der Waals surface area contributed by atoms with Gasteiger partial charge in [0, 0.05) is 6.04 Å². The molecule has 22 heavy (non-hydrogen) atoms. The zero-order valence-electron chi connectivity index (χ0n) is 12.4. The molecule has 0 amide bonds. The van der Waals surface area contributed by atoms with Gasteiger partial charge in [0.15, 0.2) is 0 Å². The summed E-state index contributed by atoms with van der Waals surface area (Å²) in [6.45, 7) is 2.75. The number of halogens is 1. The van der Waals surface area contributed by atoms with E-state index < -0.39 is 15.8 Å². The maximum atomic E-state index is 13.1. The standard InChI is InChI=1S/C15H20FNO4S/c1-10-8-11(16)2-5-15(10)22(18,19)17-12-3-4-13-14(9-12)21-7-6-20-13/h2,5,8,12-14,17H,3-4,6-7,9H2,1H3/t12-,13+,14+/m1/s1. The average Bonchev–Trinajstić information content (AvgIpc) is 2.46. The molecule has 1 N–H and O–H groups in total. The second kappa shape index (κ2) is 6.23. The Morgan fingerprint density at radius 2 is 1.91 bits per heavy atom. The number of hydrogen-bond donors (Lipinski definition) is 1. The minimum atomic E-state index is -3.66. The molecule has 3 rings (SSSR count). The topological polar surface area (TPSA) is 64.6 Å². The molecule has 0 bridgehead atoms. The smallest absolute Gasteiger partial charge is 0.241 e. The van der Waals surface area contributed by atoms with Crippen molar-refractivity contribution in [1.82, 2.24) is 4.72 Å². The summed E-state index contributed by atoms with van der Waals surface area (Å²) in [6.07, 6.45) is 2.11. The van der Waals surface area contributed by atoms with E-state index in [1.54, 1.807) is 6.92 Å². The molecule has 0 unspecified atom stereocenters. The van der Waals surface area contributed by atoms with Crippen molar-refractivity contribution in [3.8, 4) is 0 Å². The summed E-state index contributed by atoms with van der Waals surface area (Å²) in [5.41, 5.74) is 0.401. The predicted molar refractivity (Wildman–Crippen MR) is 78.6 cm³/mol. The van der Waals surface area contributed by atoms with Gasteiger partial charge in [0.05, 0.1) is 30.3 Å². The number of nitrogens with one attached hydrogen (secondary N) is 1. The Balaban J connectivity index is 1.71. The average molecular weight is 329 g/mol. The lowest BCUT2D eigenvalue weighted by atomic mass is 9.90. The van der Waals surface area contributed by atoms with Gasteiger partial charge >= 0.3 is 0 Å². The highest BCUT2D eigenvalue weighted by Gasteiger charge is 2.36. The first-order chi connectivity index (χ1) is 10.5. The van der Waals surface area contributed by atoms with Crippen molar-refractivity contribution in [3.63, 3.8) is 0 Å². The van der Waals surface area contributed by atoms with E-state index in [-0.39, 0.29) is 23.1 Å². The summed E-state index contributed by atoms with van der Waals surface area (Å²) in [5.74, 6) is -0.440. The summed E-state index contributed by atoms with van der Waals surface area (Å²) in [4.78, 5) is 0.122. The van der Waals surface area contributed by atoms with Crippen molar-refractivity contribution in [2.75, 3.05) is 13.2 Å². The maximum Gasteiger partial charge on any atom is 0.241 e. The fourth-order valence-electron chi connectivity index (χ4n) is 3.17. The third-order valence-corrected chi connectivity index (χ3v) is 5.91. The van der Waals surface area contributed by atoms with Crippen LogP contribution in [0, 0.1) is 12.7 Å². The molecule has 5 nitrogen and oxygen atoms in total. The van der Waals surface area contributed by atoms with Crippen LogP contribution in [0.1, 0.15) is 24.8 Å².